The van der Waals surface area contributed by atoms with Crippen LogP contribution in [0.3, 0.4) is 0 Å². The molecule has 0 bridgehead atoms. The van der Waals surface area contributed by atoms with Gasteiger partial charge < -0.3 is 9.73 Å². The molecule has 17 heavy (non-hydrogen) atoms. The number of hydrogen-bond donors (Lipinski definition) is 1. The molecule has 1 unspecified atom stereocenters. The van der Waals surface area contributed by atoms with E-state index in [1.165, 1.54) is 0 Å². The van der Waals surface area contributed by atoms with Crippen molar-refractivity contribution in [3.8, 4) is 0 Å². The van der Waals surface area contributed by atoms with E-state index >= 15 is 0 Å². The predicted molar refractivity (Wildman–Crippen MR) is 69.1 cm³/mol. The highest BCUT2D eigenvalue weighted by atomic mass is 16.4. The second-order valence-electron chi connectivity index (χ2n) is 5.62. The van der Waals surface area contributed by atoms with Crippen LogP contribution in [0.25, 0.3) is 0 Å². The predicted octanol–water partition coefficient (Wildman–Crippen LogP) is 2.90. The highest BCUT2D eigenvalue weighted by molar-refractivity contribution is 4.89. The lowest BCUT2D eigenvalue weighted by Crippen LogP contribution is -2.36. The van der Waals surface area contributed by atoms with Crippen LogP contribution in [0, 0.1) is 0 Å². The fraction of sp³-hybridized carbons (Fsp3) is 0.846. The van der Waals surface area contributed by atoms with Crippen LogP contribution < -0.4 is 5.32 Å². The lowest BCUT2D eigenvalue weighted by molar-refractivity contribution is 0.396. The van der Waals surface area contributed by atoms with Crippen LogP contribution in [0.1, 0.15) is 65.2 Å². The van der Waals surface area contributed by atoms with Gasteiger partial charge in [0.25, 0.3) is 0 Å². The molecule has 0 amide bonds. The molecule has 4 nitrogen and oxygen atoms in total. The third-order valence-electron chi connectivity index (χ3n) is 2.74. The minimum absolute atomic E-state index is 0.177. The van der Waals surface area contributed by atoms with Crippen molar-refractivity contribution in [3.63, 3.8) is 0 Å². The Morgan fingerprint density at radius 2 is 2.00 bits per heavy atom. The Balaban J connectivity index is 2.30. The van der Waals surface area contributed by atoms with Crippen LogP contribution >= 0.6 is 0 Å². The Morgan fingerprint density at radius 1 is 1.29 bits per heavy atom. The molecule has 1 N–H and O–H groups in total. The van der Waals surface area contributed by atoms with Gasteiger partial charge >= 0.3 is 0 Å². The number of nitrogens with one attached hydrogen (secondary N) is 1. The van der Waals surface area contributed by atoms with Crippen molar-refractivity contribution in [3.05, 3.63) is 11.8 Å². The molecule has 0 aliphatic rings. The summed E-state index contributed by atoms with van der Waals surface area (Å²) in [6.07, 6.45) is 2.92. The van der Waals surface area contributed by atoms with Crippen molar-refractivity contribution in [2.24, 2.45) is 0 Å². The average Bonchev–Trinajstić information content (AvgIpc) is 2.70. The first kappa shape index (κ1) is 14.2. The van der Waals surface area contributed by atoms with E-state index in [1.807, 2.05) is 0 Å². The largest absolute Gasteiger partial charge is 0.425 e. The Hall–Kier alpha value is -0.900. The van der Waals surface area contributed by atoms with Crippen molar-refractivity contribution >= 4 is 0 Å². The van der Waals surface area contributed by atoms with E-state index in [0.29, 0.717) is 5.92 Å². The highest BCUT2D eigenvalue weighted by Gasteiger charge is 2.12. The summed E-state index contributed by atoms with van der Waals surface area (Å²) in [6.45, 7) is 11.7. The first-order valence-corrected chi connectivity index (χ1v) is 6.49. The Labute approximate surface area is 104 Å². The lowest BCUT2D eigenvalue weighted by atomic mass is 10.1. The van der Waals surface area contributed by atoms with Gasteiger partial charge in [0.1, 0.15) is 0 Å². The number of nitrogens with zero attached hydrogens (tertiary/aromatic N) is 2. The second-order valence-corrected chi connectivity index (χ2v) is 5.62. The first-order valence-electron chi connectivity index (χ1n) is 6.49. The molecule has 0 saturated carbocycles. The molecule has 1 heterocycles. The van der Waals surface area contributed by atoms with Gasteiger partial charge in [-0.05, 0) is 40.2 Å². The summed E-state index contributed by atoms with van der Waals surface area (Å²) in [5, 5.41) is 11.6. The summed E-state index contributed by atoms with van der Waals surface area (Å²) in [5.41, 5.74) is 0.177. The zero-order valence-corrected chi connectivity index (χ0v) is 11.7. The zero-order valence-electron chi connectivity index (χ0n) is 11.7. The van der Waals surface area contributed by atoms with Crippen LogP contribution in [0.15, 0.2) is 4.42 Å². The molecular weight excluding hydrogens is 214 g/mol. The van der Waals surface area contributed by atoms with Gasteiger partial charge in [-0.15, -0.1) is 10.2 Å². The van der Waals surface area contributed by atoms with Gasteiger partial charge in [-0.1, -0.05) is 13.8 Å². The smallest absolute Gasteiger partial charge is 0.219 e. The minimum atomic E-state index is 0.177. The molecule has 0 radical (unpaired) electrons. The van der Waals surface area contributed by atoms with Crippen molar-refractivity contribution in [2.45, 2.75) is 65.3 Å². The molecule has 0 spiro atoms. The van der Waals surface area contributed by atoms with Gasteiger partial charge in [0, 0.05) is 17.9 Å². The quantitative estimate of drug-likeness (QED) is 0.775. The number of rotatable bonds is 6. The normalized spacial score (nSPS) is 13.9. The van der Waals surface area contributed by atoms with Crippen LogP contribution in [-0.2, 0) is 6.42 Å². The second kappa shape index (κ2) is 6.15. The molecular formula is C13H25N3O. The number of aromatic nitrogens is 2. The van der Waals surface area contributed by atoms with Crippen molar-refractivity contribution in [1.82, 2.24) is 15.5 Å². The standard InChI is InChI=1S/C13H25N3O/c1-6-10(2)12-16-15-11(17-12)8-7-9-14-13(3,4)5/h10,14H,6-9H2,1-5H3. The van der Waals surface area contributed by atoms with Crippen molar-refractivity contribution < 1.29 is 4.42 Å². The van der Waals surface area contributed by atoms with E-state index in [1.54, 1.807) is 0 Å². The molecule has 0 aromatic carbocycles. The Morgan fingerprint density at radius 3 is 2.59 bits per heavy atom. The summed E-state index contributed by atoms with van der Waals surface area (Å²) in [5.74, 6) is 1.89. The molecule has 0 aliphatic carbocycles. The number of aryl methyl sites for hydroxylation is 1. The van der Waals surface area contributed by atoms with E-state index in [2.05, 4.69) is 50.1 Å². The summed E-state index contributed by atoms with van der Waals surface area (Å²) >= 11 is 0. The van der Waals surface area contributed by atoms with Gasteiger partial charge in [-0.25, -0.2) is 0 Å². The van der Waals surface area contributed by atoms with Crippen molar-refractivity contribution in [2.75, 3.05) is 6.54 Å². The Kier molecular flexibility index (Phi) is 5.12. The molecule has 4 heteroatoms. The third kappa shape index (κ3) is 5.31. The van der Waals surface area contributed by atoms with E-state index in [0.717, 1.165) is 37.6 Å². The molecule has 0 aliphatic heterocycles. The van der Waals surface area contributed by atoms with E-state index in [-0.39, 0.29) is 5.54 Å². The highest BCUT2D eigenvalue weighted by Crippen LogP contribution is 2.17. The fourth-order valence-electron chi connectivity index (χ4n) is 1.44. The minimum Gasteiger partial charge on any atom is -0.425 e. The average molecular weight is 239 g/mol. The van der Waals surface area contributed by atoms with Crippen LogP contribution in [0.2, 0.25) is 0 Å². The molecule has 0 saturated heterocycles. The van der Waals surface area contributed by atoms with Crippen LogP contribution in [-0.4, -0.2) is 22.3 Å². The van der Waals surface area contributed by atoms with Gasteiger partial charge in [0.2, 0.25) is 11.8 Å². The number of hydrogen-bond acceptors (Lipinski definition) is 4. The van der Waals surface area contributed by atoms with Gasteiger partial charge in [0.15, 0.2) is 0 Å². The maximum absolute atomic E-state index is 5.62. The van der Waals surface area contributed by atoms with Gasteiger partial charge in [0.05, 0.1) is 0 Å². The SMILES string of the molecule is CCC(C)c1nnc(CCCNC(C)(C)C)o1. The van der Waals surface area contributed by atoms with Crippen LogP contribution in [0.5, 0.6) is 0 Å². The molecule has 1 atom stereocenters. The summed E-state index contributed by atoms with van der Waals surface area (Å²) < 4.78 is 5.62. The zero-order chi connectivity index (χ0) is 12.9. The van der Waals surface area contributed by atoms with Crippen molar-refractivity contribution in [1.29, 1.82) is 0 Å². The van der Waals surface area contributed by atoms with E-state index in [4.69, 9.17) is 4.42 Å². The van der Waals surface area contributed by atoms with E-state index < -0.39 is 0 Å². The van der Waals surface area contributed by atoms with Gasteiger partial charge in [-0.3, -0.25) is 0 Å². The summed E-state index contributed by atoms with van der Waals surface area (Å²) in [6, 6.07) is 0. The summed E-state index contributed by atoms with van der Waals surface area (Å²) in [4.78, 5) is 0. The molecule has 1 rings (SSSR count). The molecule has 1 aromatic heterocycles. The molecule has 98 valence electrons. The summed E-state index contributed by atoms with van der Waals surface area (Å²) in [7, 11) is 0. The lowest BCUT2D eigenvalue weighted by Gasteiger charge is -2.19. The van der Waals surface area contributed by atoms with E-state index in [9.17, 15) is 0 Å². The maximum atomic E-state index is 5.62. The van der Waals surface area contributed by atoms with Crippen LogP contribution in [0.4, 0.5) is 0 Å². The first-order chi connectivity index (χ1) is 7.92. The fourth-order valence-corrected chi connectivity index (χ4v) is 1.44. The molecule has 0 fully saturated rings. The van der Waals surface area contributed by atoms with Gasteiger partial charge in [-0.2, -0.15) is 0 Å². The topological polar surface area (TPSA) is 51.0 Å². The third-order valence-corrected chi connectivity index (χ3v) is 2.74. The molecule has 1 aromatic rings. The maximum Gasteiger partial charge on any atom is 0.219 e. The Bertz CT molecular complexity index is 328. The monoisotopic (exact) mass is 239 g/mol.